The third kappa shape index (κ3) is 6.99. The molecule has 0 aliphatic heterocycles. The van der Waals surface area contributed by atoms with E-state index >= 15 is 0 Å². The fourth-order valence-corrected chi connectivity index (χ4v) is 5.96. The van der Waals surface area contributed by atoms with E-state index < -0.39 is 23.6 Å². The molecule has 0 unspecified atom stereocenters. The van der Waals surface area contributed by atoms with Crippen molar-refractivity contribution < 1.29 is 24.2 Å². The summed E-state index contributed by atoms with van der Waals surface area (Å²) < 4.78 is 8.44. The van der Waals surface area contributed by atoms with Gasteiger partial charge in [-0.25, -0.2) is 0 Å². The zero-order chi connectivity index (χ0) is 30.6. The summed E-state index contributed by atoms with van der Waals surface area (Å²) in [7, 11) is 0. The van der Waals surface area contributed by atoms with Crippen LogP contribution in [0.1, 0.15) is 67.2 Å². The molecular formula is C37H30O5Po. The van der Waals surface area contributed by atoms with Gasteiger partial charge in [-0.2, -0.15) is 0 Å². The van der Waals surface area contributed by atoms with Crippen LogP contribution in [0, 0.1) is 0 Å². The van der Waals surface area contributed by atoms with Crippen LogP contribution in [0.5, 0.6) is 17.2 Å². The second kappa shape index (κ2) is 12.9. The summed E-state index contributed by atoms with van der Waals surface area (Å²) in [5.41, 5.74) is 4.41. The molecule has 0 aliphatic rings. The van der Waals surface area contributed by atoms with Crippen molar-refractivity contribution in [1.82, 2.24) is 0 Å². The van der Waals surface area contributed by atoms with Gasteiger partial charge in [0.2, 0.25) is 0 Å². The summed E-state index contributed by atoms with van der Waals surface area (Å²) in [5, 5.41) is 9.43. The average molecular weight is 764 g/mol. The van der Waals surface area contributed by atoms with E-state index in [2.05, 4.69) is 30.6 Å². The van der Waals surface area contributed by atoms with E-state index in [-0.39, 0.29) is 26.2 Å². The molecule has 214 valence electrons. The molecule has 0 heterocycles. The molecule has 5 nitrogen and oxygen atoms in total. The van der Waals surface area contributed by atoms with Gasteiger partial charge in [0.15, 0.2) is 5.78 Å². The minimum atomic E-state index is -0.492. The van der Waals surface area contributed by atoms with Crippen LogP contribution in [0.15, 0.2) is 121 Å². The van der Waals surface area contributed by atoms with Crippen LogP contribution < -0.4 is 4.74 Å². The molecule has 6 heteroatoms. The van der Waals surface area contributed by atoms with Gasteiger partial charge in [-0.1, -0.05) is 0 Å². The summed E-state index contributed by atoms with van der Waals surface area (Å²) in [4.78, 5) is 38.8. The van der Waals surface area contributed by atoms with Crippen molar-refractivity contribution in [2.24, 2.45) is 0 Å². The molecule has 0 aromatic heterocycles. The fraction of sp³-hybridized carbons (Fsp3) is 0.108. The molecule has 0 radical (unpaired) electrons. The number of benzene rings is 5. The van der Waals surface area contributed by atoms with Gasteiger partial charge >= 0.3 is 143 Å². The van der Waals surface area contributed by atoms with Gasteiger partial charge < -0.3 is 9.84 Å². The van der Waals surface area contributed by atoms with Crippen molar-refractivity contribution in [2.75, 3.05) is 0 Å². The standard InChI is InChI=1S/C36H27O5.CH3.Po/c1-23(2)24-3-5-25(6-4-24)34(38)26-7-9-27(10-8-26)35(39)29-13-19-32(20-14-29)41-33-21-15-30(16-22-33)36(40)28-11-17-31(37)18-12-28;;/h3-22,37H,1-2H3;1H3;. The Morgan fingerprint density at radius 2 is 0.791 bits per heavy atom. The predicted octanol–water partition coefficient (Wildman–Crippen LogP) is 7.86. The number of ketones is 3. The molecule has 5 rings (SSSR count). The van der Waals surface area contributed by atoms with Crippen molar-refractivity contribution >= 4 is 40.9 Å². The summed E-state index contributed by atoms with van der Waals surface area (Å²) in [6.45, 7) is 4.52. The van der Waals surface area contributed by atoms with Crippen molar-refractivity contribution in [3.63, 3.8) is 0 Å². The zero-order valence-electron chi connectivity index (χ0n) is 24.0. The third-order valence-electron chi connectivity index (χ3n) is 7.36. The summed E-state index contributed by atoms with van der Waals surface area (Å²) in [6, 6.07) is 34.4. The number of phenols is 1. The van der Waals surface area contributed by atoms with Crippen LogP contribution in [0.4, 0.5) is 0 Å². The molecule has 0 amide bonds. The van der Waals surface area contributed by atoms with Gasteiger partial charge in [0.25, 0.3) is 0 Å². The molecule has 43 heavy (non-hydrogen) atoms. The Kier molecular flexibility index (Phi) is 8.99. The Bertz CT molecular complexity index is 1750. The quantitative estimate of drug-likeness (QED) is 0.147. The maximum absolute atomic E-state index is 13.1. The van der Waals surface area contributed by atoms with Gasteiger partial charge in [-0.15, -0.1) is 0 Å². The van der Waals surface area contributed by atoms with Crippen LogP contribution in [0.3, 0.4) is 0 Å². The normalized spacial score (nSPS) is 11.1. The fourth-order valence-electron chi connectivity index (χ4n) is 4.51. The van der Waals surface area contributed by atoms with E-state index in [1.54, 1.807) is 84.9 Å². The molecule has 0 saturated heterocycles. The van der Waals surface area contributed by atoms with E-state index in [4.69, 9.17) is 4.74 Å². The van der Waals surface area contributed by atoms with Crippen molar-refractivity contribution in [3.8, 4) is 17.2 Å². The van der Waals surface area contributed by atoms with E-state index in [0.29, 0.717) is 44.9 Å². The number of hydrogen-bond donors (Lipinski definition) is 1. The van der Waals surface area contributed by atoms with Crippen molar-refractivity contribution in [2.45, 2.75) is 21.5 Å². The van der Waals surface area contributed by atoms with Crippen LogP contribution in [-0.2, 0) is 3.07 Å². The first-order valence-corrected chi connectivity index (χ1v) is 18.5. The molecule has 5 aromatic rings. The first kappa shape index (κ1) is 30.1. The number of carbonyl (C=O) groups is 3. The van der Waals surface area contributed by atoms with E-state index in [9.17, 15) is 19.5 Å². The van der Waals surface area contributed by atoms with E-state index in [0.717, 1.165) is 0 Å². The van der Waals surface area contributed by atoms with Gasteiger partial charge in [-0.3, -0.25) is 4.79 Å². The predicted molar refractivity (Wildman–Crippen MR) is 169 cm³/mol. The topological polar surface area (TPSA) is 80.7 Å². The Balaban J connectivity index is 1.21. The molecular weight excluding hydrogens is 733 g/mol. The molecule has 0 bridgehead atoms. The van der Waals surface area contributed by atoms with Gasteiger partial charge in [0, 0.05) is 11.1 Å². The Labute approximate surface area is 263 Å². The Morgan fingerprint density at radius 1 is 0.512 bits per heavy atom. The van der Waals surface area contributed by atoms with Crippen molar-refractivity contribution in [3.05, 3.63) is 160 Å². The molecule has 0 atom stereocenters. The SMILES string of the molecule is [CH3][Po][C](C)(C)c1ccc(C(=O)c2ccc(C(=O)c3ccc(Oc4ccc(C(=O)c5ccc(O)cc5)cc4)cc3)cc2)cc1. The zero-order valence-corrected chi connectivity index (χ0v) is 27.2. The Hall–Kier alpha value is -4.39. The van der Waals surface area contributed by atoms with E-state index in [1.165, 1.54) is 17.7 Å². The number of rotatable bonds is 10. The first-order chi connectivity index (χ1) is 20.6. The number of aromatic hydroxyl groups is 1. The van der Waals surface area contributed by atoms with Crippen LogP contribution in [0.2, 0.25) is 4.58 Å². The molecule has 0 aliphatic carbocycles. The first-order valence-electron chi connectivity index (χ1n) is 13.7. The van der Waals surface area contributed by atoms with Crippen LogP contribution >= 0.6 is 0 Å². The molecule has 1 N–H and O–H groups in total. The number of carbonyl (C=O) groups excluding carboxylic acids is 3. The van der Waals surface area contributed by atoms with E-state index in [1.807, 2.05) is 12.1 Å². The van der Waals surface area contributed by atoms with Gasteiger partial charge in [0.1, 0.15) is 17.2 Å². The number of phenolic OH excluding ortho intramolecular Hbond substituents is 1. The van der Waals surface area contributed by atoms with Gasteiger partial charge in [0.05, 0.1) is 0 Å². The third-order valence-corrected chi connectivity index (χ3v) is 12.2. The van der Waals surface area contributed by atoms with Crippen LogP contribution in [-0.4, -0.2) is 46.0 Å². The summed E-state index contributed by atoms with van der Waals surface area (Å²) in [6.07, 6.45) is 0. The molecule has 0 spiro atoms. The van der Waals surface area contributed by atoms with Gasteiger partial charge in [-0.05, 0) is 72.8 Å². The average Bonchev–Trinajstić information content (AvgIpc) is 3.05. The monoisotopic (exact) mass is 763 g/mol. The summed E-state index contributed by atoms with van der Waals surface area (Å²) in [5.74, 6) is 0.822. The van der Waals surface area contributed by atoms with Crippen LogP contribution in [0.25, 0.3) is 0 Å². The second-order valence-corrected chi connectivity index (χ2v) is 16.1. The second-order valence-electron chi connectivity index (χ2n) is 10.6. The summed E-state index contributed by atoms with van der Waals surface area (Å²) >= 11 is -0.492. The molecule has 0 fully saturated rings. The number of hydrogen-bond acceptors (Lipinski definition) is 5. The Morgan fingerprint density at radius 3 is 1.12 bits per heavy atom. The molecule has 0 saturated carbocycles. The minimum absolute atomic E-state index is 0.0706. The van der Waals surface area contributed by atoms with Crippen molar-refractivity contribution in [1.29, 1.82) is 0 Å². The number of ether oxygens (including phenoxy) is 1. The molecule has 5 aromatic carbocycles. The maximum atomic E-state index is 13.1.